The Morgan fingerprint density at radius 3 is 2.81 bits per heavy atom. The molecule has 0 aliphatic carbocycles. The summed E-state index contributed by atoms with van der Waals surface area (Å²) >= 11 is 0. The van der Waals surface area contributed by atoms with Gasteiger partial charge in [0, 0.05) is 12.3 Å². The number of rotatable bonds is 3. The maximum atomic E-state index is 12.0. The molecule has 0 spiro atoms. The van der Waals surface area contributed by atoms with Gasteiger partial charge in [-0.05, 0) is 43.6 Å². The van der Waals surface area contributed by atoms with Gasteiger partial charge in [-0.15, -0.1) is 0 Å². The summed E-state index contributed by atoms with van der Waals surface area (Å²) in [6.07, 6.45) is 2.33. The van der Waals surface area contributed by atoms with Crippen molar-refractivity contribution >= 4 is 5.78 Å². The molecule has 0 amide bonds. The average Bonchev–Trinajstić information content (AvgIpc) is 2.30. The van der Waals surface area contributed by atoms with Crippen LogP contribution in [0.4, 0.5) is 0 Å². The predicted molar refractivity (Wildman–Crippen MR) is 62.4 cm³/mol. The SMILES string of the molecule is O=C(Cc1cccc(O)c1)C1CCNCC1. The van der Waals surface area contributed by atoms with Crippen molar-refractivity contribution in [2.75, 3.05) is 13.1 Å². The van der Waals surface area contributed by atoms with E-state index in [2.05, 4.69) is 5.32 Å². The fraction of sp³-hybridized carbons (Fsp3) is 0.462. The standard InChI is InChI=1S/C13H17NO2/c15-12-3-1-2-10(8-12)9-13(16)11-4-6-14-7-5-11/h1-3,8,11,14-15H,4-7,9H2. The lowest BCUT2D eigenvalue weighted by Crippen LogP contribution is -2.32. The predicted octanol–water partition coefficient (Wildman–Crippen LogP) is 1.50. The largest absolute Gasteiger partial charge is 0.508 e. The van der Waals surface area contributed by atoms with Crippen molar-refractivity contribution in [3.05, 3.63) is 29.8 Å². The molecule has 0 aromatic heterocycles. The third-order valence-electron chi connectivity index (χ3n) is 3.08. The molecule has 0 unspecified atom stereocenters. The van der Waals surface area contributed by atoms with Crippen molar-refractivity contribution in [2.45, 2.75) is 19.3 Å². The van der Waals surface area contributed by atoms with E-state index in [-0.39, 0.29) is 11.7 Å². The zero-order valence-corrected chi connectivity index (χ0v) is 9.28. The Morgan fingerprint density at radius 1 is 1.38 bits per heavy atom. The normalized spacial score (nSPS) is 17.2. The molecule has 1 aromatic carbocycles. The molecule has 0 bridgehead atoms. The molecular weight excluding hydrogens is 202 g/mol. The molecule has 3 heteroatoms. The molecule has 3 nitrogen and oxygen atoms in total. The number of nitrogens with one attached hydrogen (secondary N) is 1. The van der Waals surface area contributed by atoms with E-state index in [4.69, 9.17) is 0 Å². The second-order valence-electron chi connectivity index (χ2n) is 4.34. The van der Waals surface area contributed by atoms with E-state index in [0.29, 0.717) is 12.2 Å². The van der Waals surface area contributed by atoms with E-state index in [9.17, 15) is 9.90 Å². The summed E-state index contributed by atoms with van der Waals surface area (Å²) in [7, 11) is 0. The minimum atomic E-state index is 0.198. The molecule has 1 heterocycles. The van der Waals surface area contributed by atoms with E-state index >= 15 is 0 Å². The summed E-state index contributed by atoms with van der Waals surface area (Å²) in [5.74, 6) is 0.728. The van der Waals surface area contributed by atoms with Gasteiger partial charge in [-0.3, -0.25) is 4.79 Å². The monoisotopic (exact) mass is 219 g/mol. The van der Waals surface area contributed by atoms with Crippen LogP contribution in [0.3, 0.4) is 0 Å². The third kappa shape index (κ3) is 2.83. The molecule has 2 rings (SSSR count). The fourth-order valence-corrected chi connectivity index (χ4v) is 2.16. The Balaban J connectivity index is 1.96. The van der Waals surface area contributed by atoms with Crippen molar-refractivity contribution in [2.24, 2.45) is 5.92 Å². The number of hydrogen-bond acceptors (Lipinski definition) is 3. The van der Waals surface area contributed by atoms with Gasteiger partial charge >= 0.3 is 0 Å². The van der Waals surface area contributed by atoms with Gasteiger partial charge in [0.05, 0.1) is 0 Å². The summed E-state index contributed by atoms with van der Waals surface area (Å²) in [4.78, 5) is 12.0. The maximum Gasteiger partial charge on any atom is 0.140 e. The van der Waals surface area contributed by atoms with Gasteiger partial charge in [0.2, 0.25) is 0 Å². The van der Waals surface area contributed by atoms with Crippen molar-refractivity contribution in [1.82, 2.24) is 5.32 Å². The zero-order chi connectivity index (χ0) is 11.4. The molecule has 0 atom stereocenters. The van der Waals surface area contributed by atoms with Gasteiger partial charge in [0.1, 0.15) is 11.5 Å². The molecule has 1 aliphatic heterocycles. The van der Waals surface area contributed by atoms with Gasteiger partial charge < -0.3 is 10.4 Å². The van der Waals surface area contributed by atoms with E-state index in [1.54, 1.807) is 18.2 Å². The molecule has 1 aliphatic rings. The van der Waals surface area contributed by atoms with Crippen LogP contribution in [0.15, 0.2) is 24.3 Å². The minimum Gasteiger partial charge on any atom is -0.508 e. The number of benzene rings is 1. The summed E-state index contributed by atoms with van der Waals surface area (Å²) in [5, 5.41) is 12.6. The first-order valence-corrected chi connectivity index (χ1v) is 5.77. The lowest BCUT2D eigenvalue weighted by Gasteiger charge is -2.21. The number of phenolic OH excluding ortho intramolecular Hbond substituents is 1. The van der Waals surface area contributed by atoms with Crippen LogP contribution in [0.2, 0.25) is 0 Å². The average molecular weight is 219 g/mol. The van der Waals surface area contributed by atoms with E-state index < -0.39 is 0 Å². The lowest BCUT2D eigenvalue weighted by molar-refractivity contribution is -0.122. The van der Waals surface area contributed by atoms with Crippen LogP contribution in [0.1, 0.15) is 18.4 Å². The highest BCUT2D eigenvalue weighted by molar-refractivity contribution is 5.83. The smallest absolute Gasteiger partial charge is 0.140 e. The van der Waals surface area contributed by atoms with Gasteiger partial charge in [-0.25, -0.2) is 0 Å². The second-order valence-corrected chi connectivity index (χ2v) is 4.34. The summed E-state index contributed by atoms with van der Waals surface area (Å²) < 4.78 is 0. The van der Waals surface area contributed by atoms with E-state index in [1.807, 2.05) is 6.07 Å². The van der Waals surface area contributed by atoms with Crippen molar-refractivity contribution < 1.29 is 9.90 Å². The van der Waals surface area contributed by atoms with Crippen LogP contribution in [0.25, 0.3) is 0 Å². The highest BCUT2D eigenvalue weighted by Gasteiger charge is 2.20. The number of phenols is 1. The van der Waals surface area contributed by atoms with Crippen LogP contribution in [-0.4, -0.2) is 24.0 Å². The number of carbonyl (C=O) groups is 1. The molecule has 16 heavy (non-hydrogen) atoms. The van der Waals surface area contributed by atoms with Gasteiger partial charge in [0.15, 0.2) is 0 Å². The summed E-state index contributed by atoms with van der Waals surface area (Å²) in [6.45, 7) is 1.88. The number of Topliss-reactive ketones (excluding diaryl/α,β-unsaturated/α-hetero) is 1. The van der Waals surface area contributed by atoms with Crippen molar-refractivity contribution in [3.8, 4) is 5.75 Å². The van der Waals surface area contributed by atoms with E-state index in [0.717, 1.165) is 31.5 Å². The molecule has 1 saturated heterocycles. The summed E-state index contributed by atoms with van der Waals surface area (Å²) in [6, 6.07) is 6.95. The highest BCUT2D eigenvalue weighted by Crippen LogP contribution is 2.17. The second kappa shape index (κ2) is 5.12. The minimum absolute atomic E-state index is 0.198. The molecule has 1 aromatic rings. The molecule has 0 radical (unpaired) electrons. The zero-order valence-electron chi connectivity index (χ0n) is 9.28. The van der Waals surface area contributed by atoms with Crippen LogP contribution in [0, 0.1) is 5.92 Å². The van der Waals surface area contributed by atoms with Crippen LogP contribution in [0.5, 0.6) is 5.75 Å². The Hall–Kier alpha value is -1.35. The molecule has 1 fully saturated rings. The number of ketones is 1. The third-order valence-corrected chi connectivity index (χ3v) is 3.08. The molecule has 2 N–H and O–H groups in total. The highest BCUT2D eigenvalue weighted by atomic mass is 16.3. The first-order chi connectivity index (χ1) is 7.75. The van der Waals surface area contributed by atoms with Crippen molar-refractivity contribution in [1.29, 1.82) is 0 Å². The van der Waals surface area contributed by atoms with Gasteiger partial charge in [-0.1, -0.05) is 12.1 Å². The Kier molecular flexibility index (Phi) is 3.57. The molecular formula is C13H17NO2. The molecule has 0 saturated carbocycles. The number of piperidine rings is 1. The Morgan fingerprint density at radius 2 is 2.12 bits per heavy atom. The number of aromatic hydroxyl groups is 1. The first kappa shape index (κ1) is 11.1. The maximum absolute atomic E-state index is 12.0. The topological polar surface area (TPSA) is 49.3 Å². The number of carbonyl (C=O) groups excluding carboxylic acids is 1. The van der Waals surface area contributed by atoms with Gasteiger partial charge in [0.25, 0.3) is 0 Å². The first-order valence-electron chi connectivity index (χ1n) is 5.77. The summed E-state index contributed by atoms with van der Waals surface area (Å²) in [5.41, 5.74) is 0.906. The van der Waals surface area contributed by atoms with Crippen LogP contribution < -0.4 is 5.32 Å². The van der Waals surface area contributed by atoms with Gasteiger partial charge in [-0.2, -0.15) is 0 Å². The number of hydrogen-bond donors (Lipinski definition) is 2. The van der Waals surface area contributed by atoms with Crippen LogP contribution in [-0.2, 0) is 11.2 Å². The Labute approximate surface area is 95.5 Å². The Bertz CT molecular complexity index is 370. The quantitative estimate of drug-likeness (QED) is 0.810. The molecule has 86 valence electrons. The van der Waals surface area contributed by atoms with Crippen LogP contribution >= 0.6 is 0 Å². The van der Waals surface area contributed by atoms with E-state index in [1.165, 1.54) is 0 Å². The fourth-order valence-electron chi connectivity index (χ4n) is 2.16. The lowest BCUT2D eigenvalue weighted by atomic mass is 9.90. The van der Waals surface area contributed by atoms with Crippen molar-refractivity contribution in [3.63, 3.8) is 0 Å².